The number of hydrogen-bond donors (Lipinski definition) is 0. The third-order valence-electron chi connectivity index (χ3n) is 1.89. The molecule has 0 amide bonds. The maximum absolute atomic E-state index is 5.65. The first-order chi connectivity index (χ1) is 5.79. The summed E-state index contributed by atoms with van der Waals surface area (Å²) in [6.07, 6.45) is 3.52. The number of hydrogen-bond acceptors (Lipinski definition) is 2. The van der Waals surface area contributed by atoms with Crippen LogP contribution in [0.5, 0.6) is 0 Å². The second-order valence-corrected chi connectivity index (χ2v) is 3.30. The molecule has 0 bridgehead atoms. The van der Waals surface area contributed by atoms with Crippen LogP contribution in [-0.2, 0) is 9.47 Å². The fraction of sp³-hybridized carbons (Fsp3) is 1.00. The van der Waals surface area contributed by atoms with Gasteiger partial charge in [-0.05, 0) is 12.6 Å². The smallest absolute Gasteiger partial charge is 0.104 e. The van der Waals surface area contributed by atoms with Crippen LogP contribution in [0.4, 0.5) is 0 Å². The predicted molar refractivity (Wildman–Crippen MR) is 58.8 cm³/mol. The van der Waals surface area contributed by atoms with E-state index >= 15 is 0 Å². The standard InChI is InChI=1S/C8H20BO2P/c1-3-4-11-7(5-9)8(6-12)10-2/h7-8H,3-6,9,12H2,1-2H3. The lowest BCUT2D eigenvalue weighted by molar-refractivity contribution is -0.0352. The molecule has 0 heterocycles. The monoisotopic (exact) mass is 190 g/mol. The molecular weight excluding hydrogens is 170 g/mol. The van der Waals surface area contributed by atoms with Crippen LogP contribution in [-0.4, -0.2) is 39.9 Å². The van der Waals surface area contributed by atoms with Gasteiger partial charge in [0.2, 0.25) is 0 Å². The Kier molecular flexibility index (Phi) is 8.31. The van der Waals surface area contributed by atoms with Crippen LogP contribution < -0.4 is 0 Å². The van der Waals surface area contributed by atoms with Crippen LogP contribution in [0.2, 0.25) is 6.32 Å². The van der Waals surface area contributed by atoms with Crippen molar-refractivity contribution in [1.82, 2.24) is 0 Å². The van der Waals surface area contributed by atoms with E-state index in [-0.39, 0.29) is 12.2 Å². The summed E-state index contributed by atoms with van der Waals surface area (Å²) in [4.78, 5) is 0. The van der Waals surface area contributed by atoms with E-state index in [0.29, 0.717) is 0 Å². The quantitative estimate of drug-likeness (QED) is 0.435. The van der Waals surface area contributed by atoms with E-state index in [9.17, 15) is 0 Å². The average molecular weight is 190 g/mol. The topological polar surface area (TPSA) is 18.5 Å². The molecular formula is C8H20BO2P. The Morgan fingerprint density at radius 1 is 1.42 bits per heavy atom. The highest BCUT2D eigenvalue weighted by molar-refractivity contribution is 7.16. The molecule has 0 spiro atoms. The summed E-state index contributed by atoms with van der Waals surface area (Å²) < 4.78 is 10.9. The zero-order chi connectivity index (χ0) is 9.40. The Labute approximate surface area is 79.0 Å². The summed E-state index contributed by atoms with van der Waals surface area (Å²) in [6, 6.07) is 0. The highest BCUT2D eigenvalue weighted by atomic mass is 31.0. The van der Waals surface area contributed by atoms with Gasteiger partial charge in [0.25, 0.3) is 0 Å². The van der Waals surface area contributed by atoms with Crippen LogP contribution in [0.25, 0.3) is 0 Å². The van der Waals surface area contributed by atoms with Crippen LogP contribution in [0, 0.1) is 0 Å². The maximum Gasteiger partial charge on any atom is 0.104 e. The van der Waals surface area contributed by atoms with E-state index in [0.717, 1.165) is 25.5 Å². The van der Waals surface area contributed by atoms with Gasteiger partial charge >= 0.3 is 0 Å². The first kappa shape index (κ1) is 12.4. The molecule has 0 aromatic heterocycles. The second-order valence-electron chi connectivity index (χ2n) is 2.83. The van der Waals surface area contributed by atoms with Gasteiger partial charge in [-0.2, -0.15) is 0 Å². The van der Waals surface area contributed by atoms with Crippen molar-refractivity contribution in [1.29, 1.82) is 0 Å². The van der Waals surface area contributed by atoms with Gasteiger partial charge < -0.3 is 9.47 Å². The summed E-state index contributed by atoms with van der Waals surface area (Å²) in [5, 5.41) is 0. The minimum Gasteiger partial charge on any atom is -0.378 e. The summed E-state index contributed by atoms with van der Waals surface area (Å²) >= 11 is 0. The van der Waals surface area contributed by atoms with Crippen molar-refractivity contribution in [2.45, 2.75) is 31.9 Å². The van der Waals surface area contributed by atoms with Gasteiger partial charge in [-0.3, -0.25) is 0 Å². The Bertz CT molecular complexity index is 99.1. The van der Waals surface area contributed by atoms with E-state index in [1.54, 1.807) is 7.11 Å². The fourth-order valence-electron chi connectivity index (χ4n) is 1.16. The minimum atomic E-state index is 0.228. The van der Waals surface area contributed by atoms with Gasteiger partial charge in [0, 0.05) is 13.7 Å². The highest BCUT2D eigenvalue weighted by Gasteiger charge is 2.17. The summed E-state index contributed by atoms with van der Waals surface area (Å²) in [5.74, 6) is 0. The van der Waals surface area contributed by atoms with E-state index in [4.69, 9.17) is 9.47 Å². The fourth-order valence-corrected chi connectivity index (χ4v) is 1.65. The lowest BCUT2D eigenvalue weighted by atomic mass is 9.96. The van der Waals surface area contributed by atoms with Gasteiger partial charge in [0.05, 0.1) is 12.2 Å². The van der Waals surface area contributed by atoms with Crippen molar-refractivity contribution in [3.63, 3.8) is 0 Å². The van der Waals surface area contributed by atoms with Crippen molar-refractivity contribution in [2.24, 2.45) is 0 Å². The molecule has 0 aliphatic carbocycles. The number of ether oxygens (including phenoxy) is 2. The third kappa shape index (κ3) is 4.44. The van der Waals surface area contributed by atoms with E-state index in [1.165, 1.54) is 0 Å². The summed E-state index contributed by atoms with van der Waals surface area (Å²) in [6.45, 7) is 2.96. The predicted octanol–water partition coefficient (Wildman–Crippen LogP) is 0.723. The minimum absolute atomic E-state index is 0.228. The molecule has 0 aliphatic rings. The molecule has 0 fully saturated rings. The second kappa shape index (κ2) is 8.03. The van der Waals surface area contributed by atoms with Gasteiger partial charge in [0.1, 0.15) is 7.85 Å². The zero-order valence-corrected chi connectivity index (χ0v) is 9.53. The van der Waals surface area contributed by atoms with E-state index in [2.05, 4.69) is 24.0 Å². The Morgan fingerprint density at radius 3 is 2.42 bits per heavy atom. The van der Waals surface area contributed by atoms with Crippen LogP contribution in [0.3, 0.4) is 0 Å². The van der Waals surface area contributed by atoms with Gasteiger partial charge in [-0.1, -0.05) is 13.2 Å². The molecule has 0 aliphatic heterocycles. The first-order valence-corrected chi connectivity index (χ1v) is 5.46. The molecule has 3 unspecified atom stereocenters. The van der Waals surface area contributed by atoms with Crippen molar-refractivity contribution in [2.75, 3.05) is 19.9 Å². The van der Waals surface area contributed by atoms with Crippen molar-refractivity contribution >= 4 is 17.1 Å². The SMILES string of the molecule is BCC(OCCC)C(CP)OC. The van der Waals surface area contributed by atoms with Crippen molar-refractivity contribution in [3.8, 4) is 0 Å². The lowest BCUT2D eigenvalue weighted by Gasteiger charge is -2.23. The van der Waals surface area contributed by atoms with Gasteiger partial charge in [0.15, 0.2) is 0 Å². The highest BCUT2D eigenvalue weighted by Crippen LogP contribution is 2.10. The van der Waals surface area contributed by atoms with Crippen molar-refractivity contribution in [3.05, 3.63) is 0 Å². The summed E-state index contributed by atoms with van der Waals surface area (Å²) in [7, 11) is 6.57. The number of rotatable bonds is 7. The van der Waals surface area contributed by atoms with Gasteiger partial charge in [-0.25, -0.2) is 0 Å². The van der Waals surface area contributed by atoms with E-state index in [1.807, 2.05) is 0 Å². The van der Waals surface area contributed by atoms with E-state index < -0.39 is 0 Å². The largest absolute Gasteiger partial charge is 0.378 e. The molecule has 0 saturated carbocycles. The summed E-state index contributed by atoms with van der Waals surface area (Å²) in [5.41, 5.74) is 0. The molecule has 0 aromatic rings. The molecule has 0 saturated heterocycles. The average Bonchev–Trinajstić information content (AvgIpc) is 2.12. The van der Waals surface area contributed by atoms with Crippen molar-refractivity contribution < 1.29 is 9.47 Å². The molecule has 0 aromatic carbocycles. The molecule has 0 rings (SSSR count). The Morgan fingerprint density at radius 2 is 2.08 bits per heavy atom. The molecule has 0 radical (unpaired) electrons. The molecule has 72 valence electrons. The molecule has 3 atom stereocenters. The maximum atomic E-state index is 5.65. The molecule has 2 nitrogen and oxygen atoms in total. The Balaban J connectivity index is 3.75. The molecule has 4 heteroatoms. The Hall–Kier alpha value is 0.415. The molecule has 12 heavy (non-hydrogen) atoms. The zero-order valence-electron chi connectivity index (χ0n) is 8.38. The normalized spacial score (nSPS) is 15.9. The van der Waals surface area contributed by atoms with Gasteiger partial charge in [-0.15, -0.1) is 9.24 Å². The lowest BCUT2D eigenvalue weighted by Crippen LogP contribution is -2.32. The number of methoxy groups -OCH3 is 1. The third-order valence-corrected chi connectivity index (χ3v) is 2.35. The van der Waals surface area contributed by atoms with Crippen LogP contribution in [0.15, 0.2) is 0 Å². The first-order valence-electron chi connectivity index (χ1n) is 4.64. The molecule has 0 N–H and O–H groups in total. The van der Waals surface area contributed by atoms with Crippen LogP contribution >= 0.6 is 9.24 Å². The van der Waals surface area contributed by atoms with Crippen LogP contribution in [0.1, 0.15) is 13.3 Å².